The molecule has 5 nitrogen and oxygen atoms in total. The van der Waals surface area contributed by atoms with Crippen LogP contribution in [0.15, 0.2) is 42.5 Å². The first-order valence-electron chi connectivity index (χ1n) is 6.91. The first-order valence-corrected chi connectivity index (χ1v) is 8.11. The molecule has 3 rings (SSSR count). The molecule has 2 aromatic carbocycles. The fourth-order valence-corrected chi connectivity index (χ4v) is 3.67. The summed E-state index contributed by atoms with van der Waals surface area (Å²) in [5.74, 6) is -1.50. The maximum atomic E-state index is 12.5. The number of rotatable bonds is 3. The highest BCUT2D eigenvalue weighted by Gasteiger charge is 2.20. The lowest BCUT2D eigenvalue weighted by molar-refractivity contribution is 0.0597. The summed E-state index contributed by atoms with van der Waals surface area (Å²) in [6.45, 7) is 0. The van der Waals surface area contributed by atoms with Crippen molar-refractivity contribution in [2.75, 3.05) is 12.4 Å². The van der Waals surface area contributed by atoms with Crippen LogP contribution in [0.25, 0.3) is 10.1 Å². The molecule has 0 fully saturated rings. The number of fused-ring (bicyclic) bond motifs is 1. The number of aromatic hydroxyl groups is 1. The van der Waals surface area contributed by atoms with Crippen LogP contribution in [0.4, 0.5) is 5.69 Å². The van der Waals surface area contributed by atoms with Gasteiger partial charge in [-0.2, -0.15) is 0 Å². The Morgan fingerprint density at radius 2 is 1.92 bits per heavy atom. The quantitative estimate of drug-likeness (QED) is 0.538. The van der Waals surface area contributed by atoms with Crippen molar-refractivity contribution < 1.29 is 19.4 Å². The van der Waals surface area contributed by atoms with Crippen LogP contribution < -0.4 is 5.32 Å². The van der Waals surface area contributed by atoms with Crippen LogP contribution in [0.1, 0.15) is 20.0 Å². The number of hydrogen-bond donors (Lipinski definition) is 2. The van der Waals surface area contributed by atoms with Crippen LogP contribution in [0.2, 0.25) is 5.02 Å². The number of para-hydroxylation sites is 1. The van der Waals surface area contributed by atoms with Gasteiger partial charge in [0.25, 0.3) is 5.91 Å². The number of phenols is 1. The molecule has 1 aromatic heterocycles. The fourth-order valence-electron chi connectivity index (χ4n) is 2.26. The van der Waals surface area contributed by atoms with Gasteiger partial charge in [-0.1, -0.05) is 35.9 Å². The summed E-state index contributed by atoms with van der Waals surface area (Å²) in [5.41, 5.74) is 0.0779. The van der Waals surface area contributed by atoms with Crippen LogP contribution in [-0.4, -0.2) is 24.1 Å². The number of amides is 1. The van der Waals surface area contributed by atoms with Crippen LogP contribution in [0, 0.1) is 0 Å². The summed E-state index contributed by atoms with van der Waals surface area (Å²) in [6.07, 6.45) is 0. The van der Waals surface area contributed by atoms with Crippen molar-refractivity contribution >= 4 is 50.6 Å². The number of carbonyl (C=O) groups is 2. The van der Waals surface area contributed by atoms with E-state index in [9.17, 15) is 14.7 Å². The summed E-state index contributed by atoms with van der Waals surface area (Å²) in [6, 6.07) is 11.8. The predicted molar refractivity (Wildman–Crippen MR) is 94.2 cm³/mol. The van der Waals surface area contributed by atoms with Gasteiger partial charge in [0.2, 0.25) is 0 Å². The molecule has 2 N–H and O–H groups in total. The molecular weight excluding hydrogens is 350 g/mol. The number of halogens is 1. The van der Waals surface area contributed by atoms with Gasteiger partial charge in [0, 0.05) is 10.1 Å². The summed E-state index contributed by atoms with van der Waals surface area (Å²) >= 11 is 7.53. The smallest absolute Gasteiger partial charge is 0.341 e. The van der Waals surface area contributed by atoms with E-state index in [-0.39, 0.29) is 17.0 Å². The molecule has 24 heavy (non-hydrogen) atoms. The Bertz CT molecular complexity index is 951. The minimum Gasteiger partial charge on any atom is -0.505 e. The highest BCUT2D eigenvalue weighted by Crippen LogP contribution is 2.36. The number of methoxy groups -OCH3 is 1. The molecule has 0 radical (unpaired) electrons. The van der Waals surface area contributed by atoms with Crippen molar-refractivity contribution in [3.63, 3.8) is 0 Å². The van der Waals surface area contributed by atoms with Gasteiger partial charge in [-0.05, 0) is 18.2 Å². The van der Waals surface area contributed by atoms with Gasteiger partial charge in [-0.25, -0.2) is 4.79 Å². The molecule has 0 atom stereocenters. The van der Waals surface area contributed by atoms with E-state index in [1.165, 1.54) is 36.6 Å². The summed E-state index contributed by atoms with van der Waals surface area (Å²) in [4.78, 5) is 24.4. The molecule has 0 aliphatic heterocycles. The number of thiophene rings is 1. The van der Waals surface area contributed by atoms with E-state index in [4.69, 9.17) is 11.6 Å². The molecule has 0 aliphatic carbocycles. The first-order chi connectivity index (χ1) is 11.5. The number of hydrogen-bond acceptors (Lipinski definition) is 5. The minimum absolute atomic E-state index is 0.0299. The zero-order valence-corrected chi connectivity index (χ0v) is 14.1. The van der Waals surface area contributed by atoms with Gasteiger partial charge < -0.3 is 15.2 Å². The van der Waals surface area contributed by atoms with Gasteiger partial charge >= 0.3 is 5.97 Å². The third-order valence-corrected chi connectivity index (χ3v) is 5.10. The van der Waals surface area contributed by atoms with Crippen molar-refractivity contribution in [3.05, 3.63) is 57.9 Å². The first kappa shape index (κ1) is 16.3. The SMILES string of the molecule is COC(=O)c1cccc(NC(=O)c2sc3ccccc3c2Cl)c1O. The molecule has 0 saturated carbocycles. The molecule has 3 aromatic rings. The summed E-state index contributed by atoms with van der Waals surface area (Å²) in [5, 5.41) is 13.9. The third kappa shape index (κ3) is 2.81. The van der Waals surface area contributed by atoms with Crippen molar-refractivity contribution in [1.29, 1.82) is 0 Å². The van der Waals surface area contributed by atoms with Crippen molar-refractivity contribution in [2.24, 2.45) is 0 Å². The summed E-state index contributed by atoms with van der Waals surface area (Å²) in [7, 11) is 1.21. The Balaban J connectivity index is 1.95. The number of anilines is 1. The standard InChI is InChI=1S/C17H12ClNO4S/c1-23-17(22)10-6-4-7-11(14(10)20)19-16(21)15-13(18)9-5-2-3-8-12(9)24-15/h2-8,20H,1H3,(H,19,21). The van der Waals surface area contributed by atoms with E-state index >= 15 is 0 Å². The maximum absolute atomic E-state index is 12.5. The second-order valence-electron chi connectivity index (χ2n) is 4.89. The monoisotopic (exact) mass is 361 g/mol. The molecule has 0 unspecified atom stereocenters. The average Bonchev–Trinajstić information content (AvgIpc) is 2.93. The van der Waals surface area contributed by atoms with E-state index in [1.54, 1.807) is 0 Å². The highest BCUT2D eigenvalue weighted by molar-refractivity contribution is 7.21. The van der Waals surface area contributed by atoms with Crippen molar-refractivity contribution in [2.45, 2.75) is 0 Å². The Morgan fingerprint density at radius 1 is 1.17 bits per heavy atom. The predicted octanol–water partition coefficient (Wildman–Crippen LogP) is 4.30. The zero-order chi connectivity index (χ0) is 17.3. The topological polar surface area (TPSA) is 75.6 Å². The Kier molecular flexibility index (Phi) is 4.42. The zero-order valence-electron chi connectivity index (χ0n) is 12.5. The molecular formula is C17H12ClNO4S. The van der Waals surface area contributed by atoms with Crippen LogP contribution in [0.3, 0.4) is 0 Å². The van der Waals surface area contributed by atoms with Crippen molar-refractivity contribution in [3.8, 4) is 5.75 Å². The number of esters is 1. The Labute approximate surface area is 146 Å². The molecule has 0 saturated heterocycles. The van der Waals surface area contributed by atoms with Crippen LogP contribution in [0.5, 0.6) is 5.75 Å². The molecule has 1 amide bonds. The highest BCUT2D eigenvalue weighted by atomic mass is 35.5. The molecule has 122 valence electrons. The molecule has 7 heteroatoms. The average molecular weight is 362 g/mol. The maximum Gasteiger partial charge on any atom is 0.341 e. The largest absolute Gasteiger partial charge is 0.505 e. The number of phenolic OH excluding ortho intramolecular Hbond substituents is 1. The third-order valence-electron chi connectivity index (χ3n) is 3.43. The lowest BCUT2D eigenvalue weighted by Crippen LogP contribution is -2.12. The van der Waals surface area contributed by atoms with E-state index < -0.39 is 11.9 Å². The molecule has 0 bridgehead atoms. The normalized spacial score (nSPS) is 10.6. The number of ether oxygens (including phenoxy) is 1. The second-order valence-corrected chi connectivity index (χ2v) is 6.32. The number of carbonyl (C=O) groups excluding carboxylic acids is 2. The lowest BCUT2D eigenvalue weighted by Gasteiger charge is -2.09. The van der Waals surface area contributed by atoms with E-state index in [0.29, 0.717) is 9.90 Å². The molecule has 0 spiro atoms. The Morgan fingerprint density at radius 3 is 2.62 bits per heavy atom. The molecule has 0 aliphatic rings. The fraction of sp³-hybridized carbons (Fsp3) is 0.0588. The summed E-state index contributed by atoms with van der Waals surface area (Å²) < 4.78 is 5.48. The number of nitrogens with one attached hydrogen (secondary N) is 1. The Hall–Kier alpha value is -2.57. The van der Waals surface area contributed by atoms with Gasteiger partial charge in [0.15, 0.2) is 5.75 Å². The van der Waals surface area contributed by atoms with Gasteiger partial charge in [-0.15, -0.1) is 11.3 Å². The van der Waals surface area contributed by atoms with Crippen LogP contribution >= 0.6 is 22.9 Å². The molecule has 1 heterocycles. The number of benzene rings is 2. The minimum atomic E-state index is -0.691. The van der Waals surface area contributed by atoms with Gasteiger partial charge in [0.05, 0.1) is 17.8 Å². The van der Waals surface area contributed by atoms with Gasteiger partial charge in [-0.3, -0.25) is 4.79 Å². The van der Waals surface area contributed by atoms with Crippen LogP contribution in [-0.2, 0) is 4.74 Å². The van der Waals surface area contributed by atoms with E-state index in [0.717, 1.165) is 10.1 Å². The van der Waals surface area contributed by atoms with Gasteiger partial charge in [0.1, 0.15) is 10.4 Å². The lowest BCUT2D eigenvalue weighted by atomic mass is 10.1. The van der Waals surface area contributed by atoms with E-state index in [1.807, 2.05) is 24.3 Å². The van der Waals surface area contributed by atoms with Crippen molar-refractivity contribution in [1.82, 2.24) is 0 Å². The van der Waals surface area contributed by atoms with E-state index in [2.05, 4.69) is 10.1 Å². The second kappa shape index (κ2) is 6.51.